The van der Waals surface area contributed by atoms with Crippen LogP contribution < -0.4 is 5.32 Å². The average Bonchev–Trinajstić information content (AvgIpc) is 2.85. The molecule has 0 spiro atoms. The van der Waals surface area contributed by atoms with Crippen molar-refractivity contribution in [3.8, 4) is 0 Å². The summed E-state index contributed by atoms with van der Waals surface area (Å²) in [6, 6.07) is 7.75. The Morgan fingerprint density at radius 3 is 2.54 bits per heavy atom. The first-order valence-electron chi connectivity index (χ1n) is 7.98. The van der Waals surface area contributed by atoms with E-state index >= 15 is 0 Å². The molecule has 5 nitrogen and oxygen atoms in total. The van der Waals surface area contributed by atoms with Crippen LogP contribution in [0.4, 0.5) is 0 Å². The van der Waals surface area contributed by atoms with Crippen molar-refractivity contribution in [2.45, 2.75) is 40.7 Å². The number of fused-ring (bicyclic) bond motifs is 1. The van der Waals surface area contributed by atoms with Gasteiger partial charge in [-0.05, 0) is 52.3 Å². The molecule has 124 valence electrons. The number of carbonyl (C=O) groups is 1. The van der Waals surface area contributed by atoms with E-state index in [-0.39, 0.29) is 11.9 Å². The minimum atomic E-state index is -0.183. The van der Waals surface area contributed by atoms with E-state index in [0.29, 0.717) is 5.56 Å². The predicted molar refractivity (Wildman–Crippen MR) is 93.1 cm³/mol. The third kappa shape index (κ3) is 2.89. The van der Waals surface area contributed by atoms with E-state index in [2.05, 4.69) is 15.5 Å². The van der Waals surface area contributed by atoms with Gasteiger partial charge in [-0.1, -0.05) is 17.3 Å². The molecule has 0 aliphatic heterocycles. The molecule has 2 aromatic heterocycles. The van der Waals surface area contributed by atoms with Gasteiger partial charge in [0.2, 0.25) is 0 Å². The van der Waals surface area contributed by atoms with Crippen molar-refractivity contribution in [1.29, 1.82) is 0 Å². The van der Waals surface area contributed by atoms with Crippen molar-refractivity contribution in [1.82, 2.24) is 15.5 Å². The first kappa shape index (κ1) is 16.2. The summed E-state index contributed by atoms with van der Waals surface area (Å²) in [4.78, 5) is 17.3. The van der Waals surface area contributed by atoms with Crippen molar-refractivity contribution in [3.05, 3.63) is 58.1 Å². The minimum Gasteiger partial charge on any atom is -0.361 e. The van der Waals surface area contributed by atoms with Gasteiger partial charge in [0, 0.05) is 10.9 Å². The number of benzene rings is 1. The summed E-state index contributed by atoms with van der Waals surface area (Å²) in [7, 11) is 0. The molecule has 0 saturated heterocycles. The lowest BCUT2D eigenvalue weighted by atomic mass is 10.0. The van der Waals surface area contributed by atoms with Crippen LogP contribution in [0.5, 0.6) is 0 Å². The zero-order chi connectivity index (χ0) is 17.4. The second-order valence-corrected chi connectivity index (χ2v) is 6.25. The van der Waals surface area contributed by atoms with Crippen LogP contribution in [0.2, 0.25) is 0 Å². The van der Waals surface area contributed by atoms with Crippen molar-refractivity contribution in [3.63, 3.8) is 0 Å². The van der Waals surface area contributed by atoms with Crippen LogP contribution in [0, 0.1) is 27.7 Å². The Hall–Kier alpha value is -2.69. The molecule has 0 radical (unpaired) electrons. The number of rotatable bonds is 3. The van der Waals surface area contributed by atoms with Crippen LogP contribution in [-0.4, -0.2) is 16.0 Å². The average molecular weight is 323 g/mol. The van der Waals surface area contributed by atoms with Crippen LogP contribution in [0.15, 0.2) is 28.8 Å². The zero-order valence-electron chi connectivity index (χ0n) is 14.6. The number of nitrogens with zero attached hydrogens (tertiary/aromatic N) is 2. The van der Waals surface area contributed by atoms with Crippen molar-refractivity contribution in [2.24, 2.45) is 0 Å². The van der Waals surface area contributed by atoms with Gasteiger partial charge in [-0.2, -0.15) is 0 Å². The number of aryl methyl sites for hydroxylation is 4. The molecule has 3 aromatic rings. The first-order valence-corrected chi connectivity index (χ1v) is 7.98. The smallest absolute Gasteiger partial charge is 0.253 e. The molecule has 0 aliphatic carbocycles. The maximum atomic E-state index is 12.7. The number of hydrogen-bond acceptors (Lipinski definition) is 4. The Bertz CT molecular complexity index is 908. The van der Waals surface area contributed by atoms with Crippen LogP contribution in [0.3, 0.4) is 0 Å². The van der Waals surface area contributed by atoms with E-state index in [1.165, 1.54) is 0 Å². The molecule has 0 unspecified atom stereocenters. The molecule has 0 bridgehead atoms. The second kappa shape index (κ2) is 6.07. The summed E-state index contributed by atoms with van der Waals surface area (Å²) in [5.41, 5.74) is 5.08. The fourth-order valence-electron chi connectivity index (χ4n) is 3.06. The number of pyridine rings is 1. The van der Waals surface area contributed by atoms with Gasteiger partial charge < -0.3 is 9.84 Å². The summed E-state index contributed by atoms with van der Waals surface area (Å²) in [5, 5.41) is 7.92. The summed E-state index contributed by atoms with van der Waals surface area (Å²) in [6.45, 7) is 9.54. The molecule has 5 heteroatoms. The molecule has 0 fully saturated rings. The molecule has 0 saturated carbocycles. The number of carbonyl (C=O) groups excluding carboxylic acids is 1. The van der Waals surface area contributed by atoms with Gasteiger partial charge in [-0.3, -0.25) is 9.78 Å². The van der Waals surface area contributed by atoms with Crippen LogP contribution in [0.1, 0.15) is 51.6 Å². The highest BCUT2D eigenvalue weighted by molar-refractivity contribution is 5.98. The summed E-state index contributed by atoms with van der Waals surface area (Å²) < 4.78 is 5.18. The first-order chi connectivity index (χ1) is 11.4. The Kier molecular flexibility index (Phi) is 4.09. The minimum absolute atomic E-state index is 0.144. The standard InChI is InChI=1S/C19H21N3O2/c1-10-6-7-15-9-16(11(2)20-17(15)8-10)19(23)21-12(3)18-13(4)22-24-14(18)5/h6-9,12H,1-5H3,(H,21,23)/t12-/m1/s1. The Morgan fingerprint density at radius 1 is 1.12 bits per heavy atom. The molecule has 1 atom stereocenters. The van der Waals surface area contributed by atoms with Gasteiger partial charge in [-0.25, -0.2) is 0 Å². The molecule has 3 rings (SSSR count). The lowest BCUT2D eigenvalue weighted by Crippen LogP contribution is -2.28. The van der Waals surface area contributed by atoms with Crippen molar-refractivity contribution >= 4 is 16.8 Å². The molecular formula is C19H21N3O2. The Morgan fingerprint density at radius 2 is 1.88 bits per heavy atom. The molecule has 1 amide bonds. The van der Waals surface area contributed by atoms with E-state index in [9.17, 15) is 4.79 Å². The molecular weight excluding hydrogens is 302 g/mol. The summed E-state index contributed by atoms with van der Waals surface area (Å²) in [5.74, 6) is 0.583. The monoisotopic (exact) mass is 323 g/mol. The highest BCUT2D eigenvalue weighted by Crippen LogP contribution is 2.23. The maximum absolute atomic E-state index is 12.7. The van der Waals surface area contributed by atoms with E-state index in [0.717, 1.165) is 39.2 Å². The normalized spacial score (nSPS) is 12.4. The van der Waals surface area contributed by atoms with Crippen molar-refractivity contribution in [2.75, 3.05) is 0 Å². The second-order valence-electron chi connectivity index (χ2n) is 6.25. The number of hydrogen-bond donors (Lipinski definition) is 1. The molecule has 1 N–H and O–H groups in total. The maximum Gasteiger partial charge on any atom is 0.253 e. The summed E-state index contributed by atoms with van der Waals surface area (Å²) >= 11 is 0. The van der Waals surface area contributed by atoms with Gasteiger partial charge in [0.05, 0.1) is 28.5 Å². The highest BCUT2D eigenvalue weighted by atomic mass is 16.5. The Balaban J connectivity index is 1.91. The Labute approximate surface area is 141 Å². The van der Waals surface area contributed by atoms with Crippen LogP contribution in [-0.2, 0) is 0 Å². The van der Waals surface area contributed by atoms with Gasteiger partial charge in [0.25, 0.3) is 5.91 Å². The van der Waals surface area contributed by atoms with E-state index in [1.54, 1.807) is 0 Å². The van der Waals surface area contributed by atoms with E-state index < -0.39 is 0 Å². The quantitative estimate of drug-likeness (QED) is 0.792. The zero-order valence-corrected chi connectivity index (χ0v) is 14.6. The largest absolute Gasteiger partial charge is 0.361 e. The molecule has 1 aromatic carbocycles. The number of aromatic nitrogens is 2. The van der Waals surface area contributed by atoms with Crippen LogP contribution >= 0.6 is 0 Å². The topological polar surface area (TPSA) is 68.0 Å². The molecule has 2 heterocycles. The van der Waals surface area contributed by atoms with Gasteiger partial charge in [0.1, 0.15) is 5.76 Å². The molecule has 24 heavy (non-hydrogen) atoms. The van der Waals surface area contributed by atoms with Gasteiger partial charge in [0.15, 0.2) is 0 Å². The van der Waals surface area contributed by atoms with Crippen LogP contribution in [0.25, 0.3) is 10.9 Å². The fourth-order valence-corrected chi connectivity index (χ4v) is 3.06. The van der Waals surface area contributed by atoms with Crippen molar-refractivity contribution < 1.29 is 9.32 Å². The lowest BCUT2D eigenvalue weighted by Gasteiger charge is -2.15. The van der Waals surface area contributed by atoms with E-state index in [1.807, 2.05) is 58.9 Å². The fraction of sp³-hybridized carbons (Fsp3) is 0.316. The SMILES string of the molecule is Cc1ccc2cc(C(=O)N[C@H](C)c3c(C)noc3C)c(C)nc2c1. The number of amides is 1. The summed E-state index contributed by atoms with van der Waals surface area (Å²) in [6.07, 6.45) is 0. The number of nitrogens with one attached hydrogen (secondary N) is 1. The lowest BCUT2D eigenvalue weighted by molar-refractivity contribution is 0.0939. The molecule has 0 aliphatic rings. The van der Waals surface area contributed by atoms with Gasteiger partial charge in [-0.15, -0.1) is 0 Å². The predicted octanol–water partition coefficient (Wildman–Crippen LogP) is 3.95. The third-order valence-corrected chi connectivity index (χ3v) is 4.28. The highest BCUT2D eigenvalue weighted by Gasteiger charge is 2.20. The van der Waals surface area contributed by atoms with Gasteiger partial charge >= 0.3 is 0 Å². The third-order valence-electron chi connectivity index (χ3n) is 4.28. The van der Waals surface area contributed by atoms with E-state index in [4.69, 9.17) is 4.52 Å².